The SMILES string of the molecule is COc1ccc(N(CCN)C2CCC2)cc1. The molecule has 0 aromatic heterocycles. The topological polar surface area (TPSA) is 38.5 Å². The van der Waals surface area contributed by atoms with Crippen LogP contribution < -0.4 is 15.4 Å². The molecule has 16 heavy (non-hydrogen) atoms. The molecule has 1 saturated carbocycles. The van der Waals surface area contributed by atoms with Crippen LogP contribution in [0.4, 0.5) is 5.69 Å². The number of methoxy groups -OCH3 is 1. The molecule has 1 aliphatic carbocycles. The Morgan fingerprint density at radius 2 is 2.00 bits per heavy atom. The van der Waals surface area contributed by atoms with Gasteiger partial charge in [0, 0.05) is 24.8 Å². The molecule has 0 spiro atoms. The summed E-state index contributed by atoms with van der Waals surface area (Å²) in [7, 11) is 1.69. The Kier molecular flexibility index (Phi) is 3.67. The molecule has 3 nitrogen and oxygen atoms in total. The van der Waals surface area contributed by atoms with Crippen molar-refractivity contribution in [3.63, 3.8) is 0 Å². The summed E-state index contributed by atoms with van der Waals surface area (Å²) in [6.45, 7) is 1.65. The molecule has 88 valence electrons. The summed E-state index contributed by atoms with van der Waals surface area (Å²) >= 11 is 0. The third kappa shape index (κ3) is 2.30. The monoisotopic (exact) mass is 220 g/mol. The van der Waals surface area contributed by atoms with Gasteiger partial charge >= 0.3 is 0 Å². The average molecular weight is 220 g/mol. The van der Waals surface area contributed by atoms with Gasteiger partial charge < -0.3 is 15.4 Å². The maximum absolute atomic E-state index is 5.67. The highest BCUT2D eigenvalue weighted by atomic mass is 16.5. The fourth-order valence-corrected chi connectivity index (χ4v) is 2.13. The minimum absolute atomic E-state index is 0.692. The second kappa shape index (κ2) is 5.21. The molecule has 0 unspecified atom stereocenters. The molecular formula is C13H20N2O. The van der Waals surface area contributed by atoms with Crippen LogP contribution in [-0.4, -0.2) is 26.2 Å². The van der Waals surface area contributed by atoms with Gasteiger partial charge in [0.15, 0.2) is 0 Å². The molecule has 0 heterocycles. The lowest BCUT2D eigenvalue weighted by molar-refractivity contribution is 0.387. The lowest BCUT2D eigenvalue weighted by Gasteiger charge is -2.39. The van der Waals surface area contributed by atoms with E-state index >= 15 is 0 Å². The normalized spacial score (nSPS) is 15.6. The summed E-state index contributed by atoms with van der Waals surface area (Å²) in [6, 6.07) is 8.95. The van der Waals surface area contributed by atoms with Crippen molar-refractivity contribution in [3.05, 3.63) is 24.3 Å². The highest BCUT2D eigenvalue weighted by Crippen LogP contribution is 2.30. The van der Waals surface area contributed by atoms with Gasteiger partial charge in [0.05, 0.1) is 7.11 Å². The van der Waals surface area contributed by atoms with Crippen molar-refractivity contribution in [2.75, 3.05) is 25.1 Å². The maximum atomic E-state index is 5.67. The molecule has 1 fully saturated rings. The Labute approximate surface area is 97.2 Å². The molecule has 0 bridgehead atoms. The van der Waals surface area contributed by atoms with Crippen molar-refractivity contribution in [1.82, 2.24) is 0 Å². The minimum Gasteiger partial charge on any atom is -0.497 e. The molecule has 3 heteroatoms. The molecular weight excluding hydrogens is 200 g/mol. The second-order valence-corrected chi connectivity index (χ2v) is 4.26. The Bertz CT molecular complexity index is 319. The van der Waals surface area contributed by atoms with E-state index in [4.69, 9.17) is 10.5 Å². The number of nitrogens with zero attached hydrogens (tertiary/aromatic N) is 1. The van der Waals surface area contributed by atoms with Crippen LogP contribution in [0.25, 0.3) is 0 Å². The van der Waals surface area contributed by atoms with Gasteiger partial charge in [-0.05, 0) is 43.5 Å². The minimum atomic E-state index is 0.692. The van der Waals surface area contributed by atoms with E-state index in [0.29, 0.717) is 12.6 Å². The van der Waals surface area contributed by atoms with E-state index < -0.39 is 0 Å². The molecule has 1 aromatic rings. The fourth-order valence-electron chi connectivity index (χ4n) is 2.13. The van der Waals surface area contributed by atoms with Crippen LogP contribution in [0.15, 0.2) is 24.3 Å². The first-order valence-electron chi connectivity index (χ1n) is 5.96. The lowest BCUT2D eigenvalue weighted by atomic mass is 9.91. The summed E-state index contributed by atoms with van der Waals surface area (Å²) in [5, 5.41) is 0. The van der Waals surface area contributed by atoms with Gasteiger partial charge in [0.2, 0.25) is 0 Å². The predicted molar refractivity (Wildman–Crippen MR) is 67.0 cm³/mol. The van der Waals surface area contributed by atoms with Crippen LogP contribution in [0.2, 0.25) is 0 Å². The Morgan fingerprint density at radius 1 is 1.31 bits per heavy atom. The first-order chi connectivity index (χ1) is 7.85. The van der Waals surface area contributed by atoms with Crippen molar-refractivity contribution in [1.29, 1.82) is 0 Å². The maximum Gasteiger partial charge on any atom is 0.119 e. The standard InChI is InChI=1S/C13H20N2O/c1-16-13-7-5-12(6-8-13)15(10-9-14)11-3-2-4-11/h5-8,11H,2-4,9-10,14H2,1H3. The quantitative estimate of drug-likeness (QED) is 0.825. The molecule has 0 amide bonds. The summed E-state index contributed by atoms with van der Waals surface area (Å²) in [6.07, 6.45) is 3.94. The van der Waals surface area contributed by atoms with Crippen molar-refractivity contribution < 1.29 is 4.74 Å². The van der Waals surface area contributed by atoms with Crippen molar-refractivity contribution in [2.45, 2.75) is 25.3 Å². The van der Waals surface area contributed by atoms with Crippen molar-refractivity contribution in [3.8, 4) is 5.75 Å². The summed E-state index contributed by atoms with van der Waals surface area (Å²) in [5.74, 6) is 0.907. The number of benzene rings is 1. The zero-order valence-corrected chi connectivity index (χ0v) is 9.86. The third-order valence-corrected chi connectivity index (χ3v) is 3.29. The first-order valence-corrected chi connectivity index (χ1v) is 5.96. The van der Waals surface area contributed by atoms with Gasteiger partial charge in [-0.3, -0.25) is 0 Å². The highest BCUT2D eigenvalue weighted by molar-refractivity contribution is 5.50. The van der Waals surface area contributed by atoms with Crippen molar-refractivity contribution >= 4 is 5.69 Å². The van der Waals surface area contributed by atoms with E-state index in [9.17, 15) is 0 Å². The van der Waals surface area contributed by atoms with Gasteiger partial charge in [0.1, 0.15) is 5.75 Å². The van der Waals surface area contributed by atoms with E-state index in [2.05, 4.69) is 17.0 Å². The molecule has 0 aliphatic heterocycles. The molecule has 2 rings (SSSR count). The third-order valence-electron chi connectivity index (χ3n) is 3.29. The van der Waals surface area contributed by atoms with E-state index in [0.717, 1.165) is 12.3 Å². The van der Waals surface area contributed by atoms with Crippen LogP contribution in [0.5, 0.6) is 5.75 Å². The van der Waals surface area contributed by atoms with E-state index in [-0.39, 0.29) is 0 Å². The fraction of sp³-hybridized carbons (Fsp3) is 0.538. The number of rotatable bonds is 5. The molecule has 1 aromatic carbocycles. The van der Waals surface area contributed by atoms with E-state index in [1.807, 2.05) is 12.1 Å². The first kappa shape index (κ1) is 11.3. The Balaban J connectivity index is 2.10. The summed E-state index contributed by atoms with van der Waals surface area (Å²) < 4.78 is 5.17. The van der Waals surface area contributed by atoms with Gasteiger partial charge in [-0.15, -0.1) is 0 Å². The van der Waals surface area contributed by atoms with E-state index in [1.54, 1.807) is 7.11 Å². The number of anilines is 1. The van der Waals surface area contributed by atoms with Crippen LogP contribution in [0.3, 0.4) is 0 Å². The van der Waals surface area contributed by atoms with E-state index in [1.165, 1.54) is 24.9 Å². The van der Waals surface area contributed by atoms with Crippen LogP contribution >= 0.6 is 0 Å². The Hall–Kier alpha value is -1.22. The summed E-state index contributed by atoms with van der Waals surface area (Å²) in [4.78, 5) is 2.42. The molecule has 1 aliphatic rings. The molecule has 0 atom stereocenters. The number of hydrogen-bond donors (Lipinski definition) is 1. The average Bonchev–Trinajstić information content (AvgIpc) is 2.26. The van der Waals surface area contributed by atoms with Gasteiger partial charge in [-0.1, -0.05) is 0 Å². The van der Waals surface area contributed by atoms with Crippen molar-refractivity contribution in [2.24, 2.45) is 5.73 Å². The highest BCUT2D eigenvalue weighted by Gasteiger charge is 2.24. The van der Waals surface area contributed by atoms with Crippen LogP contribution in [-0.2, 0) is 0 Å². The lowest BCUT2D eigenvalue weighted by Crippen LogP contribution is -2.43. The van der Waals surface area contributed by atoms with Gasteiger partial charge in [-0.25, -0.2) is 0 Å². The second-order valence-electron chi connectivity index (χ2n) is 4.26. The number of hydrogen-bond acceptors (Lipinski definition) is 3. The largest absolute Gasteiger partial charge is 0.497 e. The molecule has 0 radical (unpaired) electrons. The number of nitrogens with two attached hydrogens (primary N) is 1. The molecule has 0 saturated heterocycles. The van der Waals surface area contributed by atoms with Crippen LogP contribution in [0.1, 0.15) is 19.3 Å². The molecule has 2 N–H and O–H groups in total. The zero-order chi connectivity index (χ0) is 11.4. The predicted octanol–water partition coefficient (Wildman–Crippen LogP) is 2.01. The van der Waals surface area contributed by atoms with Gasteiger partial charge in [0.25, 0.3) is 0 Å². The Morgan fingerprint density at radius 3 is 2.44 bits per heavy atom. The van der Waals surface area contributed by atoms with Gasteiger partial charge in [-0.2, -0.15) is 0 Å². The zero-order valence-electron chi connectivity index (χ0n) is 9.86. The van der Waals surface area contributed by atoms with Crippen LogP contribution in [0, 0.1) is 0 Å². The smallest absolute Gasteiger partial charge is 0.119 e. The number of ether oxygens (including phenoxy) is 1. The summed E-state index contributed by atoms with van der Waals surface area (Å²) in [5.41, 5.74) is 6.93.